The van der Waals surface area contributed by atoms with Crippen LogP contribution in [0.25, 0.3) is 0 Å². The second-order valence-electron chi connectivity index (χ2n) is 3.28. The summed E-state index contributed by atoms with van der Waals surface area (Å²) in [4.78, 5) is 2.41. The molecule has 0 fully saturated rings. The Labute approximate surface area is 84.3 Å². The van der Waals surface area contributed by atoms with Gasteiger partial charge >= 0.3 is 0 Å². The molecule has 0 aromatic rings. The Balaban J connectivity index is 0. The summed E-state index contributed by atoms with van der Waals surface area (Å²) >= 11 is 0. The number of hydrogen-bond acceptors (Lipinski definition) is 2. The molecular formula is C11H27NO. The first-order valence-electron chi connectivity index (χ1n) is 5.42. The van der Waals surface area contributed by atoms with Crippen LogP contribution < -0.4 is 0 Å². The maximum atomic E-state index is 5.01. The van der Waals surface area contributed by atoms with Gasteiger partial charge in [0.2, 0.25) is 0 Å². The van der Waals surface area contributed by atoms with E-state index in [0.29, 0.717) is 0 Å². The van der Waals surface area contributed by atoms with Crippen molar-refractivity contribution in [2.24, 2.45) is 5.92 Å². The monoisotopic (exact) mass is 189 g/mol. The average molecular weight is 189 g/mol. The first-order chi connectivity index (χ1) is 6.20. The van der Waals surface area contributed by atoms with Gasteiger partial charge in [0.15, 0.2) is 0 Å². The van der Waals surface area contributed by atoms with Crippen molar-refractivity contribution in [3.05, 3.63) is 0 Å². The molecule has 0 saturated carbocycles. The van der Waals surface area contributed by atoms with E-state index in [0.717, 1.165) is 25.6 Å². The molecule has 82 valence electrons. The lowest BCUT2D eigenvalue weighted by Gasteiger charge is -2.21. The van der Waals surface area contributed by atoms with Crippen LogP contribution in [0.1, 0.15) is 34.6 Å². The molecule has 0 amide bonds. The first-order valence-corrected chi connectivity index (χ1v) is 5.42. The zero-order valence-electron chi connectivity index (χ0n) is 10.3. The van der Waals surface area contributed by atoms with E-state index in [9.17, 15) is 0 Å². The summed E-state index contributed by atoms with van der Waals surface area (Å²) in [5.41, 5.74) is 0. The Morgan fingerprint density at radius 3 is 2.08 bits per heavy atom. The minimum absolute atomic E-state index is 0.756. The molecule has 0 saturated heterocycles. The van der Waals surface area contributed by atoms with Crippen LogP contribution in [0, 0.1) is 5.92 Å². The molecule has 0 N–H and O–H groups in total. The molecule has 0 aromatic carbocycles. The quantitative estimate of drug-likeness (QED) is 0.637. The standard InChI is InChI=1S/C9H21NO.C2H6/c1-5-10(6-7-11-4)8-9(2)3;1-2/h9H,5-8H2,1-4H3;1-2H3. The molecule has 0 unspecified atom stereocenters. The highest BCUT2D eigenvalue weighted by molar-refractivity contribution is 4.56. The number of nitrogens with zero attached hydrogens (tertiary/aromatic N) is 1. The summed E-state index contributed by atoms with van der Waals surface area (Å²) in [5, 5.41) is 0. The van der Waals surface area contributed by atoms with Crippen LogP contribution in [0.2, 0.25) is 0 Å². The topological polar surface area (TPSA) is 12.5 Å². The molecule has 0 aliphatic carbocycles. The van der Waals surface area contributed by atoms with E-state index in [4.69, 9.17) is 4.74 Å². The van der Waals surface area contributed by atoms with Crippen LogP contribution in [0.3, 0.4) is 0 Å². The van der Waals surface area contributed by atoms with Crippen LogP contribution in [0.15, 0.2) is 0 Å². The molecule has 0 rings (SSSR count). The Morgan fingerprint density at radius 2 is 1.77 bits per heavy atom. The van der Waals surface area contributed by atoms with E-state index >= 15 is 0 Å². The summed E-state index contributed by atoms with van der Waals surface area (Å²) in [5.74, 6) is 0.756. The fourth-order valence-corrected chi connectivity index (χ4v) is 1.12. The first kappa shape index (κ1) is 15.4. The van der Waals surface area contributed by atoms with Crippen molar-refractivity contribution in [3.8, 4) is 0 Å². The van der Waals surface area contributed by atoms with Crippen molar-refractivity contribution in [1.29, 1.82) is 0 Å². The van der Waals surface area contributed by atoms with Crippen molar-refractivity contribution >= 4 is 0 Å². The number of methoxy groups -OCH3 is 1. The summed E-state index contributed by atoms with van der Waals surface area (Å²) < 4.78 is 5.01. The predicted molar refractivity (Wildman–Crippen MR) is 60.2 cm³/mol. The minimum atomic E-state index is 0.756. The van der Waals surface area contributed by atoms with Crippen LogP contribution in [0.5, 0.6) is 0 Å². The van der Waals surface area contributed by atoms with Crippen molar-refractivity contribution in [3.63, 3.8) is 0 Å². The van der Waals surface area contributed by atoms with Gasteiger partial charge in [0.25, 0.3) is 0 Å². The zero-order chi connectivity index (χ0) is 10.7. The Kier molecular flexibility index (Phi) is 14.1. The van der Waals surface area contributed by atoms with Gasteiger partial charge < -0.3 is 9.64 Å². The molecule has 0 radical (unpaired) electrons. The second-order valence-corrected chi connectivity index (χ2v) is 3.28. The van der Waals surface area contributed by atoms with Gasteiger partial charge in [0, 0.05) is 20.2 Å². The maximum Gasteiger partial charge on any atom is 0.0589 e. The summed E-state index contributed by atoms with van der Waals surface area (Å²) in [6.07, 6.45) is 0. The molecule has 0 atom stereocenters. The third-order valence-corrected chi connectivity index (χ3v) is 1.68. The normalized spacial score (nSPS) is 10.2. The van der Waals surface area contributed by atoms with Crippen LogP contribution in [-0.4, -0.2) is 38.3 Å². The smallest absolute Gasteiger partial charge is 0.0589 e. The van der Waals surface area contributed by atoms with E-state index in [1.165, 1.54) is 6.54 Å². The molecule has 0 heterocycles. The van der Waals surface area contributed by atoms with E-state index in [2.05, 4.69) is 25.7 Å². The highest BCUT2D eigenvalue weighted by atomic mass is 16.5. The molecule has 0 aliphatic rings. The van der Waals surface area contributed by atoms with E-state index in [-0.39, 0.29) is 0 Å². The average Bonchev–Trinajstić information content (AvgIpc) is 2.15. The molecule has 0 spiro atoms. The number of hydrogen-bond donors (Lipinski definition) is 0. The SMILES string of the molecule is CC.CCN(CCOC)CC(C)C. The van der Waals surface area contributed by atoms with Gasteiger partial charge in [-0.05, 0) is 12.5 Å². The van der Waals surface area contributed by atoms with E-state index in [1.807, 2.05) is 13.8 Å². The van der Waals surface area contributed by atoms with Crippen LogP contribution >= 0.6 is 0 Å². The van der Waals surface area contributed by atoms with Gasteiger partial charge in [0.1, 0.15) is 0 Å². The lowest BCUT2D eigenvalue weighted by atomic mass is 10.2. The fraction of sp³-hybridized carbons (Fsp3) is 1.00. The summed E-state index contributed by atoms with van der Waals surface area (Å²) in [7, 11) is 1.75. The third-order valence-electron chi connectivity index (χ3n) is 1.68. The Morgan fingerprint density at radius 1 is 1.23 bits per heavy atom. The van der Waals surface area contributed by atoms with E-state index < -0.39 is 0 Å². The van der Waals surface area contributed by atoms with Gasteiger partial charge in [-0.1, -0.05) is 34.6 Å². The van der Waals surface area contributed by atoms with Crippen molar-refractivity contribution in [1.82, 2.24) is 4.90 Å². The number of likely N-dealkylation sites (N-methyl/N-ethyl adjacent to an activating group) is 1. The second kappa shape index (κ2) is 11.9. The predicted octanol–water partition coefficient (Wildman–Crippen LogP) is 2.64. The molecule has 2 heteroatoms. The van der Waals surface area contributed by atoms with Crippen molar-refractivity contribution < 1.29 is 4.74 Å². The number of ether oxygens (including phenoxy) is 1. The molecule has 2 nitrogen and oxygen atoms in total. The summed E-state index contributed by atoms with van der Waals surface area (Å²) in [6, 6.07) is 0. The molecule has 0 bridgehead atoms. The lowest BCUT2D eigenvalue weighted by Crippen LogP contribution is -2.30. The van der Waals surface area contributed by atoms with Gasteiger partial charge in [0.05, 0.1) is 6.61 Å². The third kappa shape index (κ3) is 11.9. The molecule has 0 aliphatic heterocycles. The minimum Gasteiger partial charge on any atom is -0.383 e. The van der Waals surface area contributed by atoms with Crippen molar-refractivity contribution in [2.75, 3.05) is 33.4 Å². The zero-order valence-corrected chi connectivity index (χ0v) is 10.3. The van der Waals surface area contributed by atoms with Crippen LogP contribution in [-0.2, 0) is 4.74 Å². The van der Waals surface area contributed by atoms with Gasteiger partial charge in [-0.15, -0.1) is 0 Å². The van der Waals surface area contributed by atoms with E-state index in [1.54, 1.807) is 7.11 Å². The lowest BCUT2D eigenvalue weighted by molar-refractivity contribution is 0.143. The summed E-state index contributed by atoms with van der Waals surface area (Å²) in [6.45, 7) is 14.9. The molecule has 13 heavy (non-hydrogen) atoms. The Bertz CT molecular complexity index is 84.2. The molecular weight excluding hydrogens is 162 g/mol. The molecule has 0 aromatic heterocycles. The highest BCUT2D eigenvalue weighted by Crippen LogP contribution is 1.97. The Hall–Kier alpha value is -0.0800. The van der Waals surface area contributed by atoms with Gasteiger partial charge in [-0.25, -0.2) is 0 Å². The van der Waals surface area contributed by atoms with Gasteiger partial charge in [-0.2, -0.15) is 0 Å². The van der Waals surface area contributed by atoms with Crippen molar-refractivity contribution in [2.45, 2.75) is 34.6 Å². The number of rotatable bonds is 6. The van der Waals surface area contributed by atoms with Crippen LogP contribution in [0.4, 0.5) is 0 Å². The maximum absolute atomic E-state index is 5.01. The fourth-order valence-electron chi connectivity index (χ4n) is 1.12. The van der Waals surface area contributed by atoms with Gasteiger partial charge in [-0.3, -0.25) is 0 Å². The largest absolute Gasteiger partial charge is 0.383 e. The highest BCUT2D eigenvalue weighted by Gasteiger charge is 2.03.